The number of nitrogens with zero attached hydrogens (tertiary/aromatic N) is 1. The van der Waals surface area contributed by atoms with Crippen LogP contribution in [0.1, 0.15) is 31.2 Å². The molecule has 1 aromatic rings. The zero-order valence-corrected chi connectivity index (χ0v) is 16.4. The number of nitrogens with one attached hydrogen (secondary N) is 4. The summed E-state index contributed by atoms with van der Waals surface area (Å²) in [5.74, 6) is -0.942. The van der Waals surface area contributed by atoms with E-state index in [1.165, 1.54) is 0 Å². The third kappa shape index (κ3) is 9.09. The number of rotatable bonds is 12. The molecule has 1 aromatic carbocycles. The van der Waals surface area contributed by atoms with Gasteiger partial charge >= 0.3 is 5.97 Å². The summed E-state index contributed by atoms with van der Waals surface area (Å²) in [5.41, 5.74) is 0.917. The standard InChI is InChI=1S/C20H29N5O4/c26-17(8-9-18(27)28)25-16(14-15-6-2-1-3-7-15)19(29)21-10-4-5-11-22-20-23-12-13-24-20/h1-3,6-7,16H,4-5,8-14H2,(H,21,29)(H,25,26)(H,27,28)(H2,22,23,24)/t16-/m1/s1. The fraction of sp³-hybridized carbons (Fsp3) is 0.500. The molecule has 9 nitrogen and oxygen atoms in total. The average molecular weight is 403 g/mol. The molecule has 0 aromatic heterocycles. The predicted octanol–water partition coefficient (Wildman–Crippen LogP) is 0.0239. The van der Waals surface area contributed by atoms with E-state index in [-0.39, 0.29) is 18.7 Å². The largest absolute Gasteiger partial charge is 0.481 e. The smallest absolute Gasteiger partial charge is 0.303 e. The molecule has 158 valence electrons. The van der Waals surface area contributed by atoms with Gasteiger partial charge < -0.3 is 26.4 Å². The van der Waals surface area contributed by atoms with Gasteiger partial charge in [-0.2, -0.15) is 0 Å². The maximum absolute atomic E-state index is 12.6. The van der Waals surface area contributed by atoms with Gasteiger partial charge in [0.25, 0.3) is 0 Å². The highest BCUT2D eigenvalue weighted by Crippen LogP contribution is 2.04. The molecule has 0 fully saturated rings. The van der Waals surface area contributed by atoms with E-state index < -0.39 is 17.9 Å². The second kappa shape index (κ2) is 12.4. The third-order valence-electron chi connectivity index (χ3n) is 4.37. The van der Waals surface area contributed by atoms with E-state index in [4.69, 9.17) is 5.11 Å². The summed E-state index contributed by atoms with van der Waals surface area (Å²) in [6, 6.07) is 8.64. The first-order chi connectivity index (χ1) is 14.0. The summed E-state index contributed by atoms with van der Waals surface area (Å²) in [4.78, 5) is 39.5. The van der Waals surface area contributed by atoms with Gasteiger partial charge in [0.05, 0.1) is 13.0 Å². The van der Waals surface area contributed by atoms with E-state index in [2.05, 4.69) is 26.3 Å². The van der Waals surface area contributed by atoms with Crippen molar-refractivity contribution in [3.63, 3.8) is 0 Å². The normalized spacial score (nSPS) is 13.7. The van der Waals surface area contributed by atoms with Gasteiger partial charge in [-0.3, -0.25) is 19.4 Å². The Balaban J connectivity index is 1.76. The van der Waals surface area contributed by atoms with Crippen molar-refractivity contribution in [3.05, 3.63) is 35.9 Å². The summed E-state index contributed by atoms with van der Waals surface area (Å²) in [7, 11) is 0. The SMILES string of the molecule is O=C(O)CCC(=O)N[C@H](Cc1ccccc1)C(=O)NCCCCNC1=NCCN1. The van der Waals surface area contributed by atoms with Gasteiger partial charge in [-0.25, -0.2) is 0 Å². The van der Waals surface area contributed by atoms with Crippen molar-refractivity contribution in [1.29, 1.82) is 0 Å². The summed E-state index contributed by atoms with van der Waals surface area (Å²) >= 11 is 0. The molecule has 1 aliphatic rings. The number of guanidine groups is 1. The van der Waals surface area contributed by atoms with Crippen molar-refractivity contribution < 1.29 is 19.5 Å². The lowest BCUT2D eigenvalue weighted by Gasteiger charge is -2.18. The number of hydrogen-bond donors (Lipinski definition) is 5. The number of hydrogen-bond acceptors (Lipinski definition) is 6. The fourth-order valence-corrected chi connectivity index (χ4v) is 2.85. The Bertz CT molecular complexity index is 708. The maximum Gasteiger partial charge on any atom is 0.303 e. The van der Waals surface area contributed by atoms with Crippen LogP contribution >= 0.6 is 0 Å². The molecule has 1 heterocycles. The van der Waals surface area contributed by atoms with Crippen molar-refractivity contribution in [3.8, 4) is 0 Å². The van der Waals surface area contributed by atoms with Crippen molar-refractivity contribution in [1.82, 2.24) is 21.3 Å². The van der Waals surface area contributed by atoms with Crippen LogP contribution in [0.15, 0.2) is 35.3 Å². The molecule has 2 rings (SSSR count). The quantitative estimate of drug-likeness (QED) is 0.313. The molecule has 1 aliphatic heterocycles. The van der Waals surface area contributed by atoms with Crippen LogP contribution < -0.4 is 21.3 Å². The van der Waals surface area contributed by atoms with E-state index in [1.807, 2.05) is 30.3 Å². The highest BCUT2D eigenvalue weighted by atomic mass is 16.4. The number of carbonyl (C=O) groups is 3. The van der Waals surface area contributed by atoms with Gasteiger partial charge in [0.1, 0.15) is 6.04 Å². The van der Waals surface area contributed by atoms with Gasteiger partial charge in [-0.15, -0.1) is 0 Å². The fourth-order valence-electron chi connectivity index (χ4n) is 2.85. The number of aliphatic carboxylic acids is 1. The van der Waals surface area contributed by atoms with Crippen LogP contribution in [-0.4, -0.2) is 61.1 Å². The Morgan fingerprint density at radius 2 is 1.86 bits per heavy atom. The van der Waals surface area contributed by atoms with Gasteiger partial charge in [0.15, 0.2) is 5.96 Å². The molecule has 0 bridgehead atoms. The number of unbranched alkanes of at least 4 members (excludes halogenated alkanes) is 1. The molecule has 0 unspecified atom stereocenters. The Morgan fingerprint density at radius 3 is 2.55 bits per heavy atom. The monoisotopic (exact) mass is 403 g/mol. The third-order valence-corrected chi connectivity index (χ3v) is 4.37. The summed E-state index contributed by atoms with van der Waals surface area (Å²) in [6.07, 6.45) is 1.58. The highest BCUT2D eigenvalue weighted by Gasteiger charge is 2.21. The van der Waals surface area contributed by atoms with E-state index >= 15 is 0 Å². The molecule has 0 saturated heterocycles. The number of carboxylic acid groups (broad SMARTS) is 1. The molecule has 0 saturated carbocycles. The van der Waals surface area contributed by atoms with Crippen molar-refractivity contribution in [2.45, 2.75) is 38.1 Å². The van der Waals surface area contributed by atoms with Crippen LogP contribution in [0.25, 0.3) is 0 Å². The van der Waals surface area contributed by atoms with Gasteiger partial charge in [-0.05, 0) is 18.4 Å². The molecule has 0 aliphatic carbocycles. The summed E-state index contributed by atoms with van der Waals surface area (Å²) < 4.78 is 0. The zero-order valence-electron chi connectivity index (χ0n) is 16.4. The lowest BCUT2D eigenvalue weighted by molar-refractivity contribution is -0.139. The van der Waals surface area contributed by atoms with Crippen LogP contribution in [0.4, 0.5) is 0 Å². The van der Waals surface area contributed by atoms with Gasteiger partial charge in [-0.1, -0.05) is 30.3 Å². The molecule has 0 spiro atoms. The van der Waals surface area contributed by atoms with Crippen molar-refractivity contribution in [2.24, 2.45) is 4.99 Å². The molecule has 2 amide bonds. The summed E-state index contributed by atoms with van der Waals surface area (Å²) in [5, 5.41) is 20.6. The minimum Gasteiger partial charge on any atom is -0.481 e. The Morgan fingerprint density at radius 1 is 1.10 bits per heavy atom. The van der Waals surface area contributed by atoms with Gasteiger partial charge in [0, 0.05) is 32.5 Å². The Labute approximate surface area is 170 Å². The van der Waals surface area contributed by atoms with E-state index in [0.717, 1.165) is 44.0 Å². The van der Waals surface area contributed by atoms with Crippen molar-refractivity contribution in [2.75, 3.05) is 26.2 Å². The second-order valence-corrected chi connectivity index (χ2v) is 6.79. The lowest BCUT2D eigenvalue weighted by atomic mass is 10.0. The number of benzene rings is 1. The van der Waals surface area contributed by atoms with Crippen molar-refractivity contribution >= 4 is 23.7 Å². The number of carbonyl (C=O) groups excluding carboxylic acids is 2. The first-order valence-electron chi connectivity index (χ1n) is 9.89. The molecule has 0 radical (unpaired) electrons. The van der Waals surface area contributed by atoms with Gasteiger partial charge in [0.2, 0.25) is 11.8 Å². The molecule has 5 N–H and O–H groups in total. The average Bonchev–Trinajstić information content (AvgIpc) is 3.22. The first kappa shape index (κ1) is 22.2. The van der Waals surface area contributed by atoms with Crippen LogP contribution in [0.5, 0.6) is 0 Å². The topological polar surface area (TPSA) is 132 Å². The Hall–Kier alpha value is -3.10. The highest BCUT2D eigenvalue weighted by molar-refractivity contribution is 5.88. The van der Waals surface area contributed by atoms with E-state index in [1.54, 1.807) is 0 Å². The zero-order chi connectivity index (χ0) is 20.9. The number of aliphatic imine (C=N–C) groups is 1. The molecular formula is C20H29N5O4. The molecule has 1 atom stereocenters. The van der Waals surface area contributed by atoms with Crippen LogP contribution in [0, 0.1) is 0 Å². The molecular weight excluding hydrogens is 374 g/mol. The lowest BCUT2D eigenvalue weighted by Crippen LogP contribution is -2.48. The number of carboxylic acids is 1. The second-order valence-electron chi connectivity index (χ2n) is 6.79. The maximum atomic E-state index is 12.6. The minimum atomic E-state index is -1.04. The van der Waals surface area contributed by atoms with E-state index in [9.17, 15) is 14.4 Å². The van der Waals surface area contributed by atoms with Crippen LogP contribution in [0.3, 0.4) is 0 Å². The van der Waals surface area contributed by atoms with E-state index in [0.29, 0.717) is 13.0 Å². The van der Waals surface area contributed by atoms with Crippen LogP contribution in [0.2, 0.25) is 0 Å². The predicted molar refractivity (Wildman–Crippen MR) is 109 cm³/mol. The molecule has 9 heteroatoms. The summed E-state index contributed by atoms with van der Waals surface area (Å²) in [6.45, 7) is 2.91. The first-order valence-corrected chi connectivity index (χ1v) is 9.89. The minimum absolute atomic E-state index is 0.155. The molecule has 29 heavy (non-hydrogen) atoms. The number of amides is 2. The van der Waals surface area contributed by atoms with Crippen LogP contribution in [-0.2, 0) is 20.8 Å². The Kier molecular flexibility index (Phi) is 9.47.